The van der Waals surface area contributed by atoms with E-state index in [1.54, 1.807) is 0 Å². The summed E-state index contributed by atoms with van der Waals surface area (Å²) in [5.41, 5.74) is 3.74. The number of nitrogens with zero attached hydrogens (tertiary/aromatic N) is 2. The lowest BCUT2D eigenvalue weighted by Gasteiger charge is -2.35. The van der Waals surface area contributed by atoms with E-state index in [0.29, 0.717) is 6.54 Å². The molecule has 1 aliphatic rings. The Labute approximate surface area is 156 Å². The molecule has 1 saturated heterocycles. The summed E-state index contributed by atoms with van der Waals surface area (Å²) in [6.07, 6.45) is 1.04. The number of aryl methyl sites for hydroxylation is 1. The van der Waals surface area contributed by atoms with E-state index < -0.39 is 0 Å². The van der Waals surface area contributed by atoms with Gasteiger partial charge in [-0.1, -0.05) is 49.4 Å². The molecule has 0 unspecified atom stereocenters. The van der Waals surface area contributed by atoms with Crippen LogP contribution in [0.1, 0.15) is 31.0 Å². The van der Waals surface area contributed by atoms with Crippen LogP contribution >= 0.6 is 0 Å². The van der Waals surface area contributed by atoms with Gasteiger partial charge in [0.15, 0.2) is 0 Å². The smallest absolute Gasteiger partial charge is 0.234 e. The molecule has 4 heteroatoms. The van der Waals surface area contributed by atoms with Crippen LogP contribution in [0.5, 0.6) is 0 Å². The van der Waals surface area contributed by atoms with Crippen molar-refractivity contribution in [2.75, 3.05) is 37.6 Å². The van der Waals surface area contributed by atoms with Gasteiger partial charge < -0.3 is 10.2 Å². The molecule has 2 aromatic rings. The first-order valence-electron chi connectivity index (χ1n) is 9.56. The molecule has 138 valence electrons. The van der Waals surface area contributed by atoms with E-state index in [0.717, 1.165) is 38.2 Å². The van der Waals surface area contributed by atoms with Gasteiger partial charge in [0, 0.05) is 31.9 Å². The number of carbonyl (C=O) groups is 1. The second-order valence-electron chi connectivity index (χ2n) is 6.98. The maximum atomic E-state index is 12.4. The maximum Gasteiger partial charge on any atom is 0.234 e. The standard InChI is InChI=1S/C22H29N3O/c1-3-19-9-11-20(12-10-19)18(2)23-22(26)17-24-13-15-25(16-14-24)21-7-5-4-6-8-21/h4-12,18H,3,13-17H2,1-2H3,(H,23,26)/t18-/m0/s1. The van der Waals surface area contributed by atoms with Crippen molar-refractivity contribution in [3.8, 4) is 0 Å². The summed E-state index contributed by atoms with van der Waals surface area (Å²) in [4.78, 5) is 17.0. The highest BCUT2D eigenvalue weighted by Gasteiger charge is 2.20. The number of hydrogen-bond donors (Lipinski definition) is 1. The lowest BCUT2D eigenvalue weighted by Crippen LogP contribution is -2.49. The number of amides is 1. The van der Waals surface area contributed by atoms with Crippen LogP contribution in [0.25, 0.3) is 0 Å². The van der Waals surface area contributed by atoms with E-state index in [-0.39, 0.29) is 11.9 Å². The predicted molar refractivity (Wildman–Crippen MR) is 107 cm³/mol. The third-order valence-corrected chi connectivity index (χ3v) is 5.13. The zero-order chi connectivity index (χ0) is 18.4. The molecule has 1 heterocycles. The fourth-order valence-electron chi connectivity index (χ4n) is 3.42. The van der Waals surface area contributed by atoms with E-state index in [9.17, 15) is 4.79 Å². The Hall–Kier alpha value is -2.33. The minimum Gasteiger partial charge on any atom is -0.369 e. The Morgan fingerprint density at radius 3 is 2.27 bits per heavy atom. The minimum atomic E-state index is 0.0408. The molecule has 0 saturated carbocycles. The number of rotatable bonds is 6. The van der Waals surface area contributed by atoms with Crippen LogP contribution in [0.15, 0.2) is 54.6 Å². The van der Waals surface area contributed by atoms with Crippen molar-refractivity contribution >= 4 is 11.6 Å². The second-order valence-corrected chi connectivity index (χ2v) is 6.98. The van der Waals surface area contributed by atoms with Gasteiger partial charge in [0.1, 0.15) is 0 Å². The van der Waals surface area contributed by atoms with Gasteiger partial charge in [-0.05, 0) is 36.6 Å². The molecule has 1 amide bonds. The van der Waals surface area contributed by atoms with Gasteiger partial charge >= 0.3 is 0 Å². The number of carbonyl (C=O) groups excluding carboxylic acids is 1. The lowest BCUT2D eigenvalue weighted by molar-refractivity contribution is -0.123. The molecular formula is C22H29N3O. The number of piperazine rings is 1. The van der Waals surface area contributed by atoms with Crippen molar-refractivity contribution in [2.24, 2.45) is 0 Å². The van der Waals surface area contributed by atoms with E-state index in [4.69, 9.17) is 0 Å². The molecule has 0 aliphatic carbocycles. The van der Waals surface area contributed by atoms with Gasteiger partial charge in [0.25, 0.3) is 0 Å². The average molecular weight is 351 g/mol. The third kappa shape index (κ3) is 4.85. The van der Waals surface area contributed by atoms with Crippen molar-refractivity contribution in [1.82, 2.24) is 10.2 Å². The number of benzene rings is 2. The first kappa shape index (κ1) is 18.5. The van der Waals surface area contributed by atoms with Crippen molar-refractivity contribution in [1.29, 1.82) is 0 Å². The van der Waals surface area contributed by atoms with Crippen molar-refractivity contribution in [3.05, 3.63) is 65.7 Å². The molecule has 0 bridgehead atoms. The minimum absolute atomic E-state index is 0.0408. The number of anilines is 1. The van der Waals surface area contributed by atoms with Gasteiger partial charge in [-0.15, -0.1) is 0 Å². The van der Waals surface area contributed by atoms with Crippen LogP contribution < -0.4 is 10.2 Å². The number of para-hydroxylation sites is 1. The summed E-state index contributed by atoms with van der Waals surface area (Å²) in [5.74, 6) is 0.102. The van der Waals surface area contributed by atoms with Crippen LogP contribution in [-0.4, -0.2) is 43.5 Å². The summed E-state index contributed by atoms with van der Waals surface area (Å²) < 4.78 is 0. The summed E-state index contributed by atoms with van der Waals surface area (Å²) in [5, 5.41) is 3.13. The van der Waals surface area contributed by atoms with Crippen LogP contribution in [0.3, 0.4) is 0 Å². The molecule has 0 aromatic heterocycles. The Morgan fingerprint density at radius 1 is 1.00 bits per heavy atom. The van der Waals surface area contributed by atoms with E-state index >= 15 is 0 Å². The highest BCUT2D eigenvalue weighted by Crippen LogP contribution is 2.16. The molecule has 4 nitrogen and oxygen atoms in total. The fraction of sp³-hybridized carbons (Fsp3) is 0.409. The van der Waals surface area contributed by atoms with Crippen LogP contribution in [-0.2, 0) is 11.2 Å². The Morgan fingerprint density at radius 2 is 1.65 bits per heavy atom. The van der Waals surface area contributed by atoms with Gasteiger partial charge in [-0.3, -0.25) is 9.69 Å². The quantitative estimate of drug-likeness (QED) is 0.868. The maximum absolute atomic E-state index is 12.4. The van der Waals surface area contributed by atoms with E-state index in [1.807, 2.05) is 13.0 Å². The summed E-state index contributed by atoms with van der Waals surface area (Å²) >= 11 is 0. The molecule has 1 fully saturated rings. The fourth-order valence-corrected chi connectivity index (χ4v) is 3.42. The first-order chi connectivity index (χ1) is 12.7. The van der Waals surface area contributed by atoms with Gasteiger partial charge in [0.05, 0.1) is 12.6 Å². The normalized spacial score (nSPS) is 16.3. The topological polar surface area (TPSA) is 35.6 Å². The zero-order valence-electron chi connectivity index (χ0n) is 15.8. The van der Waals surface area contributed by atoms with Crippen LogP contribution in [0.2, 0.25) is 0 Å². The summed E-state index contributed by atoms with van der Waals surface area (Å²) in [6.45, 7) is 8.43. The van der Waals surface area contributed by atoms with E-state index in [2.05, 4.69) is 70.6 Å². The molecule has 0 radical (unpaired) electrons. The van der Waals surface area contributed by atoms with Crippen LogP contribution in [0.4, 0.5) is 5.69 Å². The largest absolute Gasteiger partial charge is 0.369 e. The zero-order valence-corrected chi connectivity index (χ0v) is 15.8. The molecule has 3 rings (SSSR count). The highest BCUT2D eigenvalue weighted by molar-refractivity contribution is 5.78. The molecule has 1 atom stereocenters. The lowest BCUT2D eigenvalue weighted by atomic mass is 10.1. The van der Waals surface area contributed by atoms with Crippen molar-refractivity contribution in [3.63, 3.8) is 0 Å². The summed E-state index contributed by atoms with van der Waals surface area (Å²) in [6, 6.07) is 19.0. The van der Waals surface area contributed by atoms with Crippen LogP contribution in [0, 0.1) is 0 Å². The van der Waals surface area contributed by atoms with Gasteiger partial charge in [-0.25, -0.2) is 0 Å². The second kappa shape index (κ2) is 8.86. The van der Waals surface area contributed by atoms with Crippen molar-refractivity contribution < 1.29 is 4.79 Å². The highest BCUT2D eigenvalue weighted by atomic mass is 16.2. The molecule has 1 N–H and O–H groups in total. The average Bonchev–Trinajstić information content (AvgIpc) is 2.69. The molecule has 2 aromatic carbocycles. The van der Waals surface area contributed by atoms with E-state index in [1.165, 1.54) is 11.3 Å². The summed E-state index contributed by atoms with van der Waals surface area (Å²) in [7, 11) is 0. The third-order valence-electron chi connectivity index (χ3n) is 5.13. The van der Waals surface area contributed by atoms with Gasteiger partial charge in [-0.2, -0.15) is 0 Å². The SMILES string of the molecule is CCc1ccc([C@H](C)NC(=O)CN2CCN(c3ccccc3)CC2)cc1. The van der Waals surface area contributed by atoms with Crippen molar-refractivity contribution in [2.45, 2.75) is 26.3 Å². The first-order valence-corrected chi connectivity index (χ1v) is 9.56. The number of hydrogen-bond acceptors (Lipinski definition) is 3. The predicted octanol–water partition coefficient (Wildman–Crippen LogP) is 3.25. The molecule has 0 spiro atoms. The Balaban J connectivity index is 1.45. The molecular weight excluding hydrogens is 322 g/mol. The van der Waals surface area contributed by atoms with Gasteiger partial charge in [0.2, 0.25) is 5.91 Å². The molecule has 26 heavy (non-hydrogen) atoms. The molecule has 1 aliphatic heterocycles. The Kier molecular flexibility index (Phi) is 6.29. The monoisotopic (exact) mass is 351 g/mol. The number of nitrogens with one attached hydrogen (secondary N) is 1. The Bertz CT molecular complexity index is 691.